The Morgan fingerprint density at radius 3 is 2.56 bits per heavy atom. The Kier molecular flexibility index (Phi) is 6.23. The first-order valence-electron chi connectivity index (χ1n) is 9.02. The molecule has 1 aromatic heterocycles. The number of carbonyl (C=O) groups excluding carboxylic acids is 2. The van der Waals surface area contributed by atoms with Crippen molar-refractivity contribution in [1.82, 2.24) is 14.7 Å². The molecule has 2 amide bonds. The summed E-state index contributed by atoms with van der Waals surface area (Å²) in [5.74, 6) is -0.239. The van der Waals surface area contributed by atoms with Gasteiger partial charge in [0.15, 0.2) is 0 Å². The van der Waals surface area contributed by atoms with E-state index in [1.807, 2.05) is 35.4 Å². The number of carbonyl (C=O) groups is 2. The summed E-state index contributed by atoms with van der Waals surface area (Å²) in [6, 6.07) is 9.75. The van der Waals surface area contributed by atoms with Gasteiger partial charge in [-0.05, 0) is 36.1 Å². The van der Waals surface area contributed by atoms with Crippen LogP contribution in [0, 0.1) is 5.82 Å². The minimum atomic E-state index is -0.298. The Balaban J connectivity index is 1.52. The summed E-state index contributed by atoms with van der Waals surface area (Å²) >= 11 is 1.45. The largest absolute Gasteiger partial charge is 0.340 e. The number of benzene rings is 1. The van der Waals surface area contributed by atoms with Gasteiger partial charge >= 0.3 is 0 Å². The van der Waals surface area contributed by atoms with Gasteiger partial charge < -0.3 is 9.80 Å². The van der Waals surface area contributed by atoms with Crippen LogP contribution >= 0.6 is 11.3 Å². The van der Waals surface area contributed by atoms with Crippen molar-refractivity contribution >= 4 is 23.2 Å². The molecule has 0 radical (unpaired) electrons. The van der Waals surface area contributed by atoms with Crippen LogP contribution in [0.5, 0.6) is 0 Å². The standard InChI is InChI=1S/C20H24FN3O2S/c1-15(19(25)22(2)14-16-5-3-6-17(21)13-16)23-8-10-24(11-9-23)20(26)18-7-4-12-27-18/h3-7,12-13,15H,8-11,14H2,1-2H3. The van der Waals surface area contributed by atoms with Crippen molar-refractivity contribution in [2.75, 3.05) is 33.2 Å². The van der Waals surface area contributed by atoms with E-state index in [9.17, 15) is 14.0 Å². The maximum absolute atomic E-state index is 13.3. The second-order valence-electron chi connectivity index (χ2n) is 6.81. The molecule has 0 aliphatic carbocycles. The lowest BCUT2D eigenvalue weighted by molar-refractivity contribution is -0.136. The lowest BCUT2D eigenvalue weighted by atomic mass is 10.1. The highest BCUT2D eigenvalue weighted by Gasteiger charge is 2.29. The quantitative estimate of drug-likeness (QED) is 0.790. The summed E-state index contributed by atoms with van der Waals surface area (Å²) in [7, 11) is 1.74. The van der Waals surface area contributed by atoms with Crippen LogP contribution in [0.3, 0.4) is 0 Å². The number of thiophene rings is 1. The summed E-state index contributed by atoms with van der Waals surface area (Å²) in [4.78, 5) is 31.5. The molecule has 1 aliphatic heterocycles. The third-order valence-electron chi connectivity index (χ3n) is 4.92. The maximum Gasteiger partial charge on any atom is 0.264 e. The lowest BCUT2D eigenvalue weighted by Crippen LogP contribution is -2.55. The number of nitrogens with zero attached hydrogens (tertiary/aromatic N) is 3. The normalized spacial score (nSPS) is 16.2. The molecule has 1 fully saturated rings. The molecule has 0 N–H and O–H groups in total. The van der Waals surface area contributed by atoms with E-state index in [-0.39, 0.29) is 23.7 Å². The molecule has 0 saturated carbocycles. The highest BCUT2D eigenvalue weighted by atomic mass is 32.1. The summed E-state index contributed by atoms with van der Waals surface area (Å²) in [6.07, 6.45) is 0. The summed E-state index contributed by atoms with van der Waals surface area (Å²) in [5.41, 5.74) is 0.768. The van der Waals surface area contributed by atoms with Crippen LogP contribution in [-0.2, 0) is 11.3 Å². The number of rotatable bonds is 5. The fraction of sp³-hybridized carbons (Fsp3) is 0.400. The van der Waals surface area contributed by atoms with Crippen molar-refractivity contribution in [2.45, 2.75) is 19.5 Å². The van der Waals surface area contributed by atoms with E-state index in [0.29, 0.717) is 32.7 Å². The lowest BCUT2D eigenvalue weighted by Gasteiger charge is -2.38. The van der Waals surface area contributed by atoms with Gasteiger partial charge in [-0.3, -0.25) is 14.5 Å². The average Bonchev–Trinajstić information content (AvgIpc) is 3.21. The average molecular weight is 389 g/mol. The van der Waals surface area contributed by atoms with Crippen LogP contribution in [0.1, 0.15) is 22.2 Å². The zero-order valence-electron chi connectivity index (χ0n) is 15.6. The van der Waals surface area contributed by atoms with Gasteiger partial charge in [-0.1, -0.05) is 18.2 Å². The molecule has 0 spiro atoms. The second-order valence-corrected chi connectivity index (χ2v) is 7.75. The van der Waals surface area contributed by atoms with Crippen molar-refractivity contribution in [3.63, 3.8) is 0 Å². The molecule has 144 valence electrons. The van der Waals surface area contributed by atoms with Gasteiger partial charge in [0.2, 0.25) is 5.91 Å². The molecule has 1 atom stereocenters. The zero-order chi connectivity index (χ0) is 19.4. The molecule has 0 bridgehead atoms. The van der Waals surface area contributed by atoms with Gasteiger partial charge in [-0.15, -0.1) is 11.3 Å². The van der Waals surface area contributed by atoms with Crippen molar-refractivity contribution < 1.29 is 14.0 Å². The molecule has 1 aromatic carbocycles. The topological polar surface area (TPSA) is 43.9 Å². The Labute approximate surface area is 163 Å². The van der Waals surface area contributed by atoms with Crippen molar-refractivity contribution in [2.24, 2.45) is 0 Å². The molecule has 5 nitrogen and oxygen atoms in total. The van der Waals surface area contributed by atoms with Crippen molar-refractivity contribution in [3.05, 3.63) is 58.0 Å². The summed E-state index contributed by atoms with van der Waals surface area (Å²) in [5, 5.41) is 1.90. The molecular formula is C20H24FN3O2S. The van der Waals surface area contributed by atoms with Crippen LogP contribution < -0.4 is 0 Å². The molecule has 1 saturated heterocycles. The van der Waals surface area contributed by atoms with Gasteiger partial charge in [-0.25, -0.2) is 4.39 Å². The molecule has 7 heteroatoms. The fourth-order valence-electron chi connectivity index (χ4n) is 3.33. The highest BCUT2D eigenvalue weighted by molar-refractivity contribution is 7.12. The minimum Gasteiger partial charge on any atom is -0.340 e. The van der Waals surface area contributed by atoms with E-state index in [1.165, 1.54) is 23.5 Å². The fourth-order valence-corrected chi connectivity index (χ4v) is 4.02. The third kappa shape index (κ3) is 4.73. The Hall–Kier alpha value is -2.25. The van der Waals surface area contributed by atoms with E-state index in [4.69, 9.17) is 0 Å². The summed E-state index contributed by atoms with van der Waals surface area (Å²) < 4.78 is 13.3. The van der Waals surface area contributed by atoms with Gasteiger partial charge in [-0.2, -0.15) is 0 Å². The van der Waals surface area contributed by atoms with Crippen LogP contribution in [0.25, 0.3) is 0 Å². The first kappa shape index (κ1) is 19.5. The van der Waals surface area contributed by atoms with Crippen LogP contribution in [0.4, 0.5) is 4.39 Å². The van der Waals surface area contributed by atoms with E-state index in [0.717, 1.165) is 10.4 Å². The first-order valence-corrected chi connectivity index (χ1v) is 9.90. The number of piperazine rings is 1. The van der Waals surface area contributed by atoms with Crippen LogP contribution in [0.2, 0.25) is 0 Å². The molecule has 27 heavy (non-hydrogen) atoms. The number of amides is 2. The summed E-state index contributed by atoms with van der Waals surface area (Å²) in [6.45, 7) is 4.82. The van der Waals surface area contributed by atoms with E-state index in [2.05, 4.69) is 4.90 Å². The number of hydrogen-bond acceptors (Lipinski definition) is 4. The van der Waals surface area contributed by atoms with Gasteiger partial charge in [0.25, 0.3) is 5.91 Å². The van der Waals surface area contributed by atoms with E-state index >= 15 is 0 Å². The zero-order valence-corrected chi connectivity index (χ0v) is 16.4. The molecule has 2 heterocycles. The first-order chi connectivity index (χ1) is 13.0. The van der Waals surface area contributed by atoms with E-state index < -0.39 is 0 Å². The van der Waals surface area contributed by atoms with Crippen LogP contribution in [0.15, 0.2) is 41.8 Å². The monoisotopic (exact) mass is 389 g/mol. The van der Waals surface area contributed by atoms with Crippen molar-refractivity contribution in [3.8, 4) is 0 Å². The second kappa shape index (κ2) is 8.63. The smallest absolute Gasteiger partial charge is 0.264 e. The molecule has 1 unspecified atom stereocenters. The number of hydrogen-bond donors (Lipinski definition) is 0. The minimum absolute atomic E-state index is 0.00251. The predicted molar refractivity (Wildman–Crippen MR) is 104 cm³/mol. The molecule has 2 aromatic rings. The third-order valence-corrected chi connectivity index (χ3v) is 5.78. The van der Waals surface area contributed by atoms with Crippen molar-refractivity contribution in [1.29, 1.82) is 0 Å². The van der Waals surface area contributed by atoms with Gasteiger partial charge in [0, 0.05) is 39.8 Å². The Morgan fingerprint density at radius 2 is 1.93 bits per heavy atom. The molecule has 1 aliphatic rings. The van der Waals surface area contributed by atoms with Gasteiger partial charge in [0.1, 0.15) is 5.82 Å². The van der Waals surface area contributed by atoms with E-state index in [1.54, 1.807) is 18.0 Å². The number of likely N-dealkylation sites (N-methyl/N-ethyl adjacent to an activating group) is 1. The maximum atomic E-state index is 13.3. The SMILES string of the molecule is CC(C(=O)N(C)Cc1cccc(F)c1)N1CCN(C(=O)c2cccs2)CC1. The van der Waals surface area contributed by atoms with Crippen LogP contribution in [-0.4, -0.2) is 65.8 Å². The van der Waals surface area contributed by atoms with Gasteiger partial charge in [0.05, 0.1) is 10.9 Å². The Bertz CT molecular complexity index is 788. The number of halogens is 1. The Morgan fingerprint density at radius 1 is 1.19 bits per heavy atom. The molecule has 3 rings (SSSR count). The predicted octanol–water partition coefficient (Wildman–Crippen LogP) is 2.69. The molecular weight excluding hydrogens is 365 g/mol. The highest BCUT2D eigenvalue weighted by Crippen LogP contribution is 2.16.